The van der Waals surface area contributed by atoms with Crippen LogP contribution in [0.5, 0.6) is 0 Å². The van der Waals surface area contributed by atoms with Crippen molar-refractivity contribution >= 4 is 0 Å². The molecule has 1 fully saturated rings. The average Bonchev–Trinajstić information content (AvgIpc) is 2.75. The van der Waals surface area contributed by atoms with Gasteiger partial charge in [0.15, 0.2) is 0 Å². The van der Waals surface area contributed by atoms with Gasteiger partial charge in [-0.25, -0.2) is 0 Å². The Hall–Kier alpha value is -0.910. The van der Waals surface area contributed by atoms with Crippen LogP contribution in [0.3, 0.4) is 0 Å². The highest BCUT2D eigenvalue weighted by atomic mass is 16.3. The lowest BCUT2D eigenvalue weighted by Crippen LogP contribution is -2.54. The van der Waals surface area contributed by atoms with Gasteiger partial charge in [-0.15, -0.1) is 0 Å². The summed E-state index contributed by atoms with van der Waals surface area (Å²) in [6, 6.07) is 0. The second-order valence-corrected chi connectivity index (χ2v) is 7.52. The van der Waals surface area contributed by atoms with Gasteiger partial charge in [0, 0.05) is 29.9 Å². The van der Waals surface area contributed by atoms with E-state index in [1.165, 1.54) is 36.9 Å². The number of likely N-dealkylation sites (N-methyl/N-ethyl adjacent to an activating group) is 1. The number of aromatic nitrogens is 2. The summed E-state index contributed by atoms with van der Waals surface area (Å²) in [6.07, 6.45) is 5.24. The number of aliphatic hydroxyl groups is 1. The summed E-state index contributed by atoms with van der Waals surface area (Å²) in [5, 5.41) is 17.4. The second-order valence-electron chi connectivity index (χ2n) is 7.52. The summed E-state index contributed by atoms with van der Waals surface area (Å²) >= 11 is 0. The molecule has 23 heavy (non-hydrogen) atoms. The zero-order valence-corrected chi connectivity index (χ0v) is 15.5. The highest BCUT2D eigenvalue weighted by Gasteiger charge is 2.36. The second kappa shape index (κ2) is 7.77. The highest BCUT2D eigenvalue weighted by molar-refractivity contribution is 5.24. The van der Waals surface area contributed by atoms with E-state index < -0.39 is 0 Å². The Morgan fingerprint density at radius 2 is 2.13 bits per heavy atom. The van der Waals surface area contributed by atoms with Gasteiger partial charge in [-0.3, -0.25) is 4.68 Å². The van der Waals surface area contributed by atoms with Crippen LogP contribution < -0.4 is 5.32 Å². The first-order valence-electron chi connectivity index (χ1n) is 8.91. The molecule has 5 nitrogen and oxygen atoms in total. The maximum absolute atomic E-state index is 9.13. The number of nitrogens with zero attached hydrogens (tertiary/aromatic N) is 3. The fraction of sp³-hybridized carbons (Fsp3) is 0.833. The first-order chi connectivity index (χ1) is 10.9. The van der Waals surface area contributed by atoms with Crippen molar-refractivity contribution in [2.75, 3.05) is 27.2 Å². The Morgan fingerprint density at radius 3 is 2.74 bits per heavy atom. The third-order valence-electron chi connectivity index (χ3n) is 5.62. The van der Waals surface area contributed by atoms with Crippen molar-refractivity contribution in [1.29, 1.82) is 0 Å². The largest absolute Gasteiger partial charge is 0.394 e. The Morgan fingerprint density at radius 1 is 1.39 bits per heavy atom. The van der Waals surface area contributed by atoms with Gasteiger partial charge in [-0.2, -0.15) is 5.10 Å². The van der Waals surface area contributed by atoms with E-state index in [1.54, 1.807) is 0 Å². The van der Waals surface area contributed by atoms with Gasteiger partial charge >= 0.3 is 0 Å². The minimum Gasteiger partial charge on any atom is -0.394 e. The summed E-state index contributed by atoms with van der Waals surface area (Å²) in [5.41, 5.74) is 3.79. The van der Waals surface area contributed by atoms with Crippen LogP contribution in [0.4, 0.5) is 0 Å². The predicted octanol–water partition coefficient (Wildman–Crippen LogP) is 2.09. The molecular weight excluding hydrogens is 288 g/mol. The Labute approximate surface area is 141 Å². The number of hydrogen-bond donors (Lipinski definition) is 2. The standard InChI is InChI=1S/C18H34N4O/c1-14-7-6-8-18(11-14,21(4)5)13-19-12-17-15(2)20-22(9-10-23)16(17)3/h14,19,23H,6-13H2,1-5H3. The number of nitrogens with one attached hydrogen (secondary N) is 1. The van der Waals surface area contributed by atoms with Crippen LogP contribution in [-0.2, 0) is 13.1 Å². The summed E-state index contributed by atoms with van der Waals surface area (Å²) in [7, 11) is 4.44. The van der Waals surface area contributed by atoms with Crippen molar-refractivity contribution in [3.8, 4) is 0 Å². The van der Waals surface area contributed by atoms with E-state index in [-0.39, 0.29) is 12.1 Å². The van der Waals surface area contributed by atoms with Gasteiger partial charge in [-0.1, -0.05) is 19.8 Å². The minimum absolute atomic E-state index is 0.135. The Balaban J connectivity index is 2.00. The molecule has 0 saturated heterocycles. The molecule has 1 heterocycles. The Kier molecular flexibility index (Phi) is 6.23. The fourth-order valence-corrected chi connectivity index (χ4v) is 4.08. The summed E-state index contributed by atoms with van der Waals surface area (Å²) in [4.78, 5) is 2.42. The molecule has 5 heteroatoms. The molecule has 0 amide bonds. The molecule has 2 atom stereocenters. The smallest absolute Gasteiger partial charge is 0.0644 e. The molecule has 0 aliphatic heterocycles. The molecule has 0 spiro atoms. The van der Waals surface area contributed by atoms with Gasteiger partial charge in [0.1, 0.15) is 0 Å². The van der Waals surface area contributed by atoms with Crippen molar-refractivity contribution < 1.29 is 5.11 Å². The van der Waals surface area contributed by atoms with Crippen LogP contribution in [0.25, 0.3) is 0 Å². The van der Waals surface area contributed by atoms with Crippen LogP contribution in [0.2, 0.25) is 0 Å². The first-order valence-corrected chi connectivity index (χ1v) is 8.91. The van der Waals surface area contributed by atoms with E-state index >= 15 is 0 Å². The minimum atomic E-state index is 0.135. The third kappa shape index (κ3) is 4.14. The van der Waals surface area contributed by atoms with Crippen molar-refractivity contribution in [3.63, 3.8) is 0 Å². The molecule has 2 unspecified atom stereocenters. The van der Waals surface area contributed by atoms with Crippen molar-refractivity contribution in [3.05, 3.63) is 17.0 Å². The van der Waals surface area contributed by atoms with Gasteiger partial charge in [-0.05, 0) is 46.7 Å². The van der Waals surface area contributed by atoms with E-state index in [1.807, 2.05) is 4.68 Å². The number of aliphatic hydroxyl groups excluding tert-OH is 1. The maximum Gasteiger partial charge on any atom is 0.0644 e. The first kappa shape index (κ1) is 18.4. The predicted molar refractivity (Wildman–Crippen MR) is 94.5 cm³/mol. The van der Waals surface area contributed by atoms with E-state index in [2.05, 4.69) is 50.2 Å². The third-order valence-corrected chi connectivity index (χ3v) is 5.62. The quantitative estimate of drug-likeness (QED) is 0.807. The molecule has 0 radical (unpaired) electrons. The molecule has 2 rings (SSSR count). The zero-order chi connectivity index (χ0) is 17.0. The maximum atomic E-state index is 9.13. The lowest BCUT2D eigenvalue weighted by molar-refractivity contribution is 0.0749. The van der Waals surface area contributed by atoms with Crippen LogP contribution in [0.1, 0.15) is 49.6 Å². The van der Waals surface area contributed by atoms with Crippen LogP contribution in [0, 0.1) is 19.8 Å². The molecule has 1 aliphatic carbocycles. The fourth-order valence-electron chi connectivity index (χ4n) is 4.08. The topological polar surface area (TPSA) is 53.3 Å². The molecule has 2 N–H and O–H groups in total. The summed E-state index contributed by atoms with van der Waals surface area (Å²) in [5.74, 6) is 0.809. The molecule has 1 aliphatic rings. The van der Waals surface area contributed by atoms with Crippen molar-refractivity contribution in [1.82, 2.24) is 20.0 Å². The van der Waals surface area contributed by atoms with Crippen LogP contribution in [-0.4, -0.2) is 52.6 Å². The van der Waals surface area contributed by atoms with Crippen LogP contribution >= 0.6 is 0 Å². The van der Waals surface area contributed by atoms with E-state index in [0.717, 1.165) is 24.7 Å². The lowest BCUT2D eigenvalue weighted by atomic mass is 9.75. The number of rotatable bonds is 7. The molecule has 1 aromatic heterocycles. The summed E-state index contributed by atoms with van der Waals surface area (Å²) in [6.45, 7) is 9.12. The van der Waals surface area contributed by atoms with Crippen molar-refractivity contribution in [2.45, 2.75) is 65.1 Å². The van der Waals surface area contributed by atoms with Crippen LogP contribution in [0.15, 0.2) is 0 Å². The Bertz CT molecular complexity index is 511. The number of hydrogen-bond acceptors (Lipinski definition) is 4. The van der Waals surface area contributed by atoms with E-state index in [4.69, 9.17) is 5.11 Å². The van der Waals surface area contributed by atoms with Gasteiger partial charge < -0.3 is 15.3 Å². The monoisotopic (exact) mass is 322 g/mol. The zero-order valence-electron chi connectivity index (χ0n) is 15.5. The molecular formula is C18H34N4O. The van der Waals surface area contributed by atoms with E-state index in [0.29, 0.717) is 6.54 Å². The SMILES string of the molecule is Cc1nn(CCO)c(C)c1CNCC1(N(C)C)CCCC(C)C1. The normalized spacial score (nSPS) is 25.3. The average molecular weight is 322 g/mol. The van der Waals surface area contributed by atoms with Crippen molar-refractivity contribution in [2.24, 2.45) is 5.92 Å². The molecule has 1 saturated carbocycles. The van der Waals surface area contributed by atoms with Gasteiger partial charge in [0.25, 0.3) is 0 Å². The molecule has 0 aromatic carbocycles. The molecule has 0 bridgehead atoms. The highest BCUT2D eigenvalue weighted by Crippen LogP contribution is 2.35. The summed E-state index contributed by atoms with van der Waals surface area (Å²) < 4.78 is 1.91. The van der Waals surface area contributed by atoms with Gasteiger partial charge in [0.2, 0.25) is 0 Å². The number of aryl methyl sites for hydroxylation is 1. The molecule has 132 valence electrons. The van der Waals surface area contributed by atoms with E-state index in [9.17, 15) is 0 Å². The lowest BCUT2D eigenvalue weighted by Gasteiger charge is -2.45. The molecule has 1 aromatic rings. The van der Waals surface area contributed by atoms with Gasteiger partial charge in [0.05, 0.1) is 18.8 Å².